The summed E-state index contributed by atoms with van der Waals surface area (Å²) in [4.78, 5) is 12.5. The Labute approximate surface area is 156 Å². The Kier molecular flexibility index (Phi) is 5.58. The molecule has 0 saturated heterocycles. The van der Waals surface area contributed by atoms with E-state index in [1.807, 2.05) is 55.5 Å². The summed E-state index contributed by atoms with van der Waals surface area (Å²) in [5.41, 5.74) is 2.51. The Morgan fingerprint density at radius 3 is 2.69 bits per heavy atom. The van der Waals surface area contributed by atoms with Gasteiger partial charge in [-0.25, -0.2) is 0 Å². The van der Waals surface area contributed by atoms with Crippen molar-refractivity contribution in [2.75, 3.05) is 12.4 Å². The Bertz CT molecular complexity index is 896. The SMILES string of the molecule is COc1ccc(C)cc1NC(=O)C(C)Sc1nnc(-c2ccccc2)o1. The van der Waals surface area contributed by atoms with Crippen LogP contribution in [0.3, 0.4) is 0 Å². The maximum absolute atomic E-state index is 12.5. The number of thioether (sulfide) groups is 1. The van der Waals surface area contributed by atoms with E-state index in [0.717, 1.165) is 11.1 Å². The molecule has 0 radical (unpaired) electrons. The number of carbonyl (C=O) groups excluding carboxylic acids is 1. The summed E-state index contributed by atoms with van der Waals surface area (Å²) < 4.78 is 10.9. The molecule has 0 fully saturated rings. The normalized spacial score (nSPS) is 11.8. The van der Waals surface area contributed by atoms with Crippen molar-refractivity contribution in [2.24, 2.45) is 0 Å². The molecule has 6 nitrogen and oxygen atoms in total. The van der Waals surface area contributed by atoms with Crippen LogP contribution in [0.5, 0.6) is 5.75 Å². The van der Waals surface area contributed by atoms with Crippen molar-refractivity contribution in [3.05, 3.63) is 54.1 Å². The van der Waals surface area contributed by atoms with Crippen LogP contribution in [0.4, 0.5) is 5.69 Å². The molecule has 7 heteroatoms. The number of ether oxygens (including phenoxy) is 1. The first kappa shape index (κ1) is 18.0. The van der Waals surface area contributed by atoms with E-state index in [4.69, 9.17) is 9.15 Å². The summed E-state index contributed by atoms with van der Waals surface area (Å²) in [5, 5.41) is 10.9. The number of amides is 1. The predicted octanol–water partition coefficient (Wildman–Crippen LogP) is 4.17. The second-order valence-corrected chi connectivity index (χ2v) is 6.98. The second kappa shape index (κ2) is 8.05. The molecule has 1 aromatic heterocycles. The molecule has 1 heterocycles. The molecule has 0 aliphatic heterocycles. The van der Waals surface area contributed by atoms with Gasteiger partial charge in [0.25, 0.3) is 5.22 Å². The van der Waals surface area contributed by atoms with Gasteiger partial charge in [-0.2, -0.15) is 0 Å². The van der Waals surface area contributed by atoms with Crippen molar-refractivity contribution in [3.8, 4) is 17.2 Å². The van der Waals surface area contributed by atoms with E-state index in [1.54, 1.807) is 14.0 Å². The summed E-state index contributed by atoms with van der Waals surface area (Å²) >= 11 is 1.21. The first-order valence-electron chi connectivity index (χ1n) is 8.08. The number of hydrogen-bond donors (Lipinski definition) is 1. The minimum absolute atomic E-state index is 0.168. The van der Waals surface area contributed by atoms with Crippen molar-refractivity contribution in [1.29, 1.82) is 0 Å². The van der Waals surface area contributed by atoms with Gasteiger partial charge in [-0.1, -0.05) is 36.0 Å². The summed E-state index contributed by atoms with van der Waals surface area (Å²) in [6.45, 7) is 3.74. The van der Waals surface area contributed by atoms with E-state index < -0.39 is 5.25 Å². The largest absolute Gasteiger partial charge is 0.495 e. The second-order valence-electron chi connectivity index (χ2n) is 5.69. The highest BCUT2D eigenvalue weighted by Gasteiger charge is 2.20. The molecule has 0 aliphatic rings. The van der Waals surface area contributed by atoms with Crippen LogP contribution in [0.2, 0.25) is 0 Å². The molecule has 1 amide bonds. The molecule has 1 unspecified atom stereocenters. The number of aromatic nitrogens is 2. The van der Waals surface area contributed by atoms with Gasteiger partial charge in [-0.05, 0) is 43.7 Å². The van der Waals surface area contributed by atoms with Crippen LogP contribution in [-0.4, -0.2) is 28.5 Å². The zero-order chi connectivity index (χ0) is 18.5. The summed E-state index contributed by atoms with van der Waals surface area (Å²) in [5.74, 6) is 0.879. The molecule has 2 aromatic carbocycles. The molecule has 1 atom stereocenters. The van der Waals surface area contributed by atoms with E-state index in [-0.39, 0.29) is 5.91 Å². The number of nitrogens with one attached hydrogen (secondary N) is 1. The Morgan fingerprint density at radius 1 is 1.19 bits per heavy atom. The molecule has 3 rings (SSSR count). The highest BCUT2D eigenvalue weighted by molar-refractivity contribution is 8.00. The molecule has 134 valence electrons. The van der Waals surface area contributed by atoms with Crippen molar-refractivity contribution in [3.63, 3.8) is 0 Å². The molecule has 0 spiro atoms. The lowest BCUT2D eigenvalue weighted by Gasteiger charge is -2.13. The highest BCUT2D eigenvalue weighted by atomic mass is 32.2. The lowest BCUT2D eigenvalue weighted by molar-refractivity contribution is -0.115. The molecular weight excluding hydrogens is 350 g/mol. The highest BCUT2D eigenvalue weighted by Crippen LogP contribution is 2.29. The van der Waals surface area contributed by atoms with Crippen LogP contribution in [0, 0.1) is 6.92 Å². The van der Waals surface area contributed by atoms with Gasteiger partial charge in [0.05, 0.1) is 18.0 Å². The van der Waals surface area contributed by atoms with Crippen LogP contribution in [0.25, 0.3) is 11.5 Å². The fourth-order valence-corrected chi connectivity index (χ4v) is 3.00. The Hall–Kier alpha value is -2.80. The summed E-state index contributed by atoms with van der Waals surface area (Å²) in [7, 11) is 1.57. The fourth-order valence-electron chi connectivity index (χ4n) is 2.31. The Morgan fingerprint density at radius 2 is 1.96 bits per heavy atom. The fraction of sp³-hybridized carbons (Fsp3) is 0.211. The van der Waals surface area contributed by atoms with Gasteiger partial charge in [0.15, 0.2) is 0 Å². The monoisotopic (exact) mass is 369 g/mol. The average Bonchev–Trinajstić information content (AvgIpc) is 3.11. The number of methoxy groups -OCH3 is 1. The number of carbonyl (C=O) groups is 1. The van der Waals surface area contributed by atoms with E-state index in [0.29, 0.717) is 22.6 Å². The molecule has 0 saturated carbocycles. The molecule has 26 heavy (non-hydrogen) atoms. The third kappa shape index (κ3) is 4.23. The number of anilines is 1. The van der Waals surface area contributed by atoms with E-state index in [9.17, 15) is 4.79 Å². The van der Waals surface area contributed by atoms with Crippen molar-refractivity contribution in [2.45, 2.75) is 24.3 Å². The quantitative estimate of drug-likeness (QED) is 0.657. The van der Waals surface area contributed by atoms with Crippen molar-refractivity contribution >= 4 is 23.4 Å². The third-order valence-electron chi connectivity index (χ3n) is 3.69. The van der Waals surface area contributed by atoms with E-state index in [1.165, 1.54) is 11.8 Å². The van der Waals surface area contributed by atoms with Crippen LogP contribution >= 0.6 is 11.8 Å². The maximum atomic E-state index is 12.5. The molecule has 3 aromatic rings. The number of rotatable bonds is 6. The van der Waals surface area contributed by atoms with Gasteiger partial charge in [0.1, 0.15) is 5.75 Å². The minimum Gasteiger partial charge on any atom is -0.495 e. The molecule has 0 aliphatic carbocycles. The molecular formula is C19H19N3O3S. The first-order valence-corrected chi connectivity index (χ1v) is 8.96. The summed E-state index contributed by atoms with van der Waals surface area (Å²) in [6, 6.07) is 15.1. The first-order chi connectivity index (χ1) is 12.6. The summed E-state index contributed by atoms with van der Waals surface area (Å²) in [6.07, 6.45) is 0. The minimum atomic E-state index is -0.413. The van der Waals surface area contributed by atoms with Gasteiger partial charge >= 0.3 is 0 Å². The van der Waals surface area contributed by atoms with Crippen LogP contribution < -0.4 is 10.1 Å². The smallest absolute Gasteiger partial charge is 0.277 e. The van der Waals surface area contributed by atoms with E-state index >= 15 is 0 Å². The van der Waals surface area contributed by atoms with Gasteiger partial charge in [0.2, 0.25) is 11.8 Å². The van der Waals surface area contributed by atoms with Gasteiger partial charge < -0.3 is 14.5 Å². The average molecular weight is 369 g/mol. The van der Waals surface area contributed by atoms with E-state index in [2.05, 4.69) is 15.5 Å². The van der Waals surface area contributed by atoms with Crippen LogP contribution in [0.1, 0.15) is 12.5 Å². The topological polar surface area (TPSA) is 77.2 Å². The maximum Gasteiger partial charge on any atom is 0.277 e. The lowest BCUT2D eigenvalue weighted by Crippen LogP contribution is -2.22. The molecule has 0 bridgehead atoms. The van der Waals surface area contributed by atoms with Gasteiger partial charge in [-0.3, -0.25) is 4.79 Å². The number of benzene rings is 2. The Balaban J connectivity index is 1.67. The van der Waals surface area contributed by atoms with Crippen molar-refractivity contribution < 1.29 is 13.9 Å². The molecule has 1 N–H and O–H groups in total. The standard InChI is InChI=1S/C19H19N3O3S/c1-12-9-10-16(24-3)15(11-12)20-17(23)13(2)26-19-22-21-18(25-19)14-7-5-4-6-8-14/h4-11,13H,1-3H3,(H,20,23). The van der Waals surface area contributed by atoms with Crippen LogP contribution in [0.15, 0.2) is 58.2 Å². The van der Waals surface area contributed by atoms with Gasteiger partial charge in [-0.15, -0.1) is 10.2 Å². The number of aryl methyl sites for hydroxylation is 1. The predicted molar refractivity (Wildman–Crippen MR) is 101 cm³/mol. The number of hydrogen-bond acceptors (Lipinski definition) is 6. The zero-order valence-corrected chi connectivity index (χ0v) is 15.5. The van der Waals surface area contributed by atoms with Crippen molar-refractivity contribution in [1.82, 2.24) is 10.2 Å². The van der Waals surface area contributed by atoms with Gasteiger partial charge in [0, 0.05) is 5.56 Å². The van der Waals surface area contributed by atoms with Crippen LogP contribution in [-0.2, 0) is 4.79 Å². The number of nitrogens with zero attached hydrogens (tertiary/aromatic N) is 2. The third-order valence-corrected chi connectivity index (χ3v) is 4.62. The lowest BCUT2D eigenvalue weighted by atomic mass is 10.2. The zero-order valence-electron chi connectivity index (χ0n) is 14.7.